The average molecular weight is 432 g/mol. The first kappa shape index (κ1) is 21.1. The molecule has 1 N–H and O–H groups in total. The van der Waals surface area contributed by atoms with Crippen LogP contribution in [0.1, 0.15) is 31.3 Å². The van der Waals surface area contributed by atoms with Crippen molar-refractivity contribution < 1.29 is 9.53 Å². The fraction of sp³-hybridized carbons (Fsp3) is 0.300. The largest absolute Gasteiger partial charge is 0.483 e. The lowest BCUT2D eigenvalue weighted by molar-refractivity contribution is -0.113. The second-order valence-electron chi connectivity index (χ2n) is 6.36. The Morgan fingerprint density at radius 1 is 1.24 bits per heavy atom. The van der Waals surface area contributed by atoms with Gasteiger partial charge in [-0.3, -0.25) is 4.79 Å². The van der Waals surface area contributed by atoms with Gasteiger partial charge in [0, 0.05) is 12.7 Å². The van der Waals surface area contributed by atoms with Gasteiger partial charge in [-0.1, -0.05) is 41.1 Å². The zero-order valence-corrected chi connectivity index (χ0v) is 18.0. The molecule has 0 radical (unpaired) electrons. The molecular weight excluding hydrogens is 410 g/mol. The van der Waals surface area contributed by atoms with E-state index >= 15 is 0 Å². The number of carbonyl (C=O) groups is 1. The molecule has 29 heavy (non-hydrogen) atoms. The number of nitrogens with zero attached hydrogens (tertiary/aromatic N) is 4. The normalized spacial score (nSPS) is 11.9. The molecular formula is C20H22ClN5O2S. The highest BCUT2D eigenvalue weighted by molar-refractivity contribution is 7.99. The van der Waals surface area contributed by atoms with Crippen LogP contribution in [-0.2, 0) is 11.3 Å². The molecule has 0 bridgehead atoms. The third-order valence-electron chi connectivity index (χ3n) is 4.09. The van der Waals surface area contributed by atoms with Gasteiger partial charge in [-0.25, -0.2) is 4.98 Å². The number of ether oxygens (including phenoxy) is 1. The van der Waals surface area contributed by atoms with Gasteiger partial charge >= 0.3 is 0 Å². The van der Waals surface area contributed by atoms with Crippen LogP contribution in [0, 0.1) is 6.92 Å². The molecule has 1 unspecified atom stereocenters. The quantitative estimate of drug-likeness (QED) is 0.528. The molecule has 7 nitrogen and oxygen atoms in total. The number of aromatic nitrogens is 4. The van der Waals surface area contributed by atoms with Crippen molar-refractivity contribution in [3.63, 3.8) is 0 Å². The fourth-order valence-corrected chi connectivity index (χ4v) is 3.56. The number of hydrogen-bond donors (Lipinski definition) is 1. The van der Waals surface area contributed by atoms with Crippen LogP contribution in [-0.4, -0.2) is 31.4 Å². The molecule has 2 heterocycles. The summed E-state index contributed by atoms with van der Waals surface area (Å²) < 4.78 is 7.95. The molecule has 1 aromatic carbocycles. The summed E-state index contributed by atoms with van der Waals surface area (Å²) in [7, 11) is 0. The smallest absolute Gasteiger partial charge is 0.236 e. The van der Waals surface area contributed by atoms with Crippen molar-refractivity contribution in [3.8, 4) is 5.75 Å². The summed E-state index contributed by atoms with van der Waals surface area (Å²) in [5, 5.41) is 12.4. The molecule has 152 valence electrons. The van der Waals surface area contributed by atoms with Crippen LogP contribution in [0.2, 0.25) is 5.02 Å². The highest BCUT2D eigenvalue weighted by Crippen LogP contribution is 2.25. The van der Waals surface area contributed by atoms with Crippen LogP contribution in [0.4, 0.5) is 5.82 Å². The van der Waals surface area contributed by atoms with E-state index in [0.29, 0.717) is 22.5 Å². The first-order chi connectivity index (χ1) is 14.0. The highest BCUT2D eigenvalue weighted by atomic mass is 35.5. The molecule has 1 atom stereocenters. The molecule has 0 fully saturated rings. The second-order valence-corrected chi connectivity index (χ2v) is 7.74. The van der Waals surface area contributed by atoms with Crippen molar-refractivity contribution in [2.24, 2.45) is 0 Å². The average Bonchev–Trinajstić information content (AvgIpc) is 3.13. The summed E-state index contributed by atoms with van der Waals surface area (Å²) in [5.41, 5.74) is 1.17. The zero-order valence-electron chi connectivity index (χ0n) is 16.4. The van der Waals surface area contributed by atoms with Crippen molar-refractivity contribution >= 4 is 35.1 Å². The van der Waals surface area contributed by atoms with Crippen molar-refractivity contribution in [1.82, 2.24) is 19.7 Å². The van der Waals surface area contributed by atoms with Crippen LogP contribution >= 0.6 is 23.4 Å². The van der Waals surface area contributed by atoms with Crippen LogP contribution in [0.15, 0.2) is 47.8 Å². The van der Waals surface area contributed by atoms with Crippen LogP contribution in [0.25, 0.3) is 0 Å². The maximum absolute atomic E-state index is 12.2. The van der Waals surface area contributed by atoms with Crippen molar-refractivity contribution in [3.05, 3.63) is 59.0 Å². The van der Waals surface area contributed by atoms with Crippen LogP contribution < -0.4 is 10.1 Å². The van der Waals surface area contributed by atoms with Crippen LogP contribution in [0.5, 0.6) is 5.75 Å². The van der Waals surface area contributed by atoms with E-state index in [9.17, 15) is 4.79 Å². The Morgan fingerprint density at radius 2 is 2.00 bits per heavy atom. The lowest BCUT2D eigenvalue weighted by Gasteiger charge is -2.15. The minimum absolute atomic E-state index is 0.180. The predicted octanol–water partition coefficient (Wildman–Crippen LogP) is 4.53. The monoisotopic (exact) mass is 431 g/mol. The van der Waals surface area contributed by atoms with E-state index in [1.165, 1.54) is 23.5 Å². The molecule has 2 aromatic heterocycles. The number of halogens is 1. The molecule has 0 aliphatic carbocycles. The van der Waals surface area contributed by atoms with Crippen molar-refractivity contribution in [2.45, 2.75) is 38.6 Å². The number of anilines is 1. The van der Waals surface area contributed by atoms with Crippen LogP contribution in [0.3, 0.4) is 0 Å². The SMILES string of the molecule is CCn1c(SCC(=O)Nc2ccc(Cl)cn2)nnc1C(C)Oc1ccc(C)cc1. The maximum Gasteiger partial charge on any atom is 0.236 e. The van der Waals surface area contributed by atoms with Gasteiger partial charge in [-0.15, -0.1) is 10.2 Å². The standard InChI is InChI=1S/C20H22ClN5O2S/c1-4-26-19(14(3)28-16-8-5-13(2)6-9-16)24-25-20(26)29-12-18(27)23-17-10-7-15(21)11-22-17/h5-11,14H,4,12H2,1-3H3,(H,22,23,27). The van der Waals surface area contributed by atoms with E-state index in [0.717, 1.165) is 11.6 Å². The molecule has 0 aliphatic rings. The molecule has 3 rings (SSSR count). The third kappa shape index (κ3) is 5.71. The lowest BCUT2D eigenvalue weighted by atomic mass is 10.2. The highest BCUT2D eigenvalue weighted by Gasteiger charge is 2.19. The number of pyridine rings is 1. The van der Waals surface area contributed by atoms with E-state index in [-0.39, 0.29) is 17.8 Å². The topological polar surface area (TPSA) is 81.9 Å². The Bertz CT molecular complexity index is 960. The summed E-state index contributed by atoms with van der Waals surface area (Å²) in [4.78, 5) is 16.2. The molecule has 3 aromatic rings. The summed E-state index contributed by atoms with van der Waals surface area (Å²) in [6.45, 7) is 6.65. The summed E-state index contributed by atoms with van der Waals surface area (Å²) in [6.07, 6.45) is 1.21. The van der Waals surface area contributed by atoms with Crippen molar-refractivity contribution in [2.75, 3.05) is 11.1 Å². The molecule has 0 saturated heterocycles. The Labute approximate surface area is 178 Å². The van der Waals surface area contributed by atoms with E-state index in [4.69, 9.17) is 16.3 Å². The molecule has 1 amide bonds. The number of benzene rings is 1. The van der Waals surface area contributed by atoms with Crippen molar-refractivity contribution in [1.29, 1.82) is 0 Å². The van der Waals surface area contributed by atoms with E-state index in [1.54, 1.807) is 12.1 Å². The van der Waals surface area contributed by atoms with Gasteiger partial charge in [0.1, 0.15) is 11.6 Å². The molecule has 0 spiro atoms. The molecule has 0 saturated carbocycles. The number of carbonyl (C=O) groups excluding carboxylic acids is 1. The Hall–Kier alpha value is -2.58. The molecule has 9 heteroatoms. The van der Waals surface area contributed by atoms with E-state index in [2.05, 4.69) is 20.5 Å². The number of aryl methyl sites for hydroxylation is 1. The Balaban J connectivity index is 1.61. The predicted molar refractivity (Wildman–Crippen MR) is 115 cm³/mol. The maximum atomic E-state index is 12.2. The number of amides is 1. The Morgan fingerprint density at radius 3 is 2.66 bits per heavy atom. The number of thioether (sulfide) groups is 1. The minimum atomic E-state index is -0.272. The minimum Gasteiger partial charge on any atom is -0.483 e. The number of hydrogen-bond acceptors (Lipinski definition) is 6. The van der Waals surface area contributed by atoms with Gasteiger partial charge in [0.2, 0.25) is 5.91 Å². The first-order valence-electron chi connectivity index (χ1n) is 9.17. The van der Waals surface area contributed by atoms with E-state index < -0.39 is 0 Å². The van der Waals surface area contributed by atoms with Gasteiger partial charge in [-0.2, -0.15) is 0 Å². The number of nitrogens with one attached hydrogen (secondary N) is 1. The number of rotatable bonds is 8. The van der Waals surface area contributed by atoms with Gasteiger partial charge < -0.3 is 14.6 Å². The third-order valence-corrected chi connectivity index (χ3v) is 5.28. The molecule has 0 aliphatic heterocycles. The lowest BCUT2D eigenvalue weighted by Crippen LogP contribution is -2.16. The Kier molecular flexibility index (Phi) is 7.11. The van der Waals surface area contributed by atoms with Gasteiger partial charge in [0.15, 0.2) is 17.1 Å². The van der Waals surface area contributed by atoms with E-state index in [1.807, 2.05) is 49.6 Å². The first-order valence-corrected chi connectivity index (χ1v) is 10.5. The fourth-order valence-electron chi connectivity index (χ4n) is 2.64. The van der Waals surface area contributed by atoms with Gasteiger partial charge in [-0.05, 0) is 45.0 Å². The zero-order chi connectivity index (χ0) is 20.8. The summed E-state index contributed by atoms with van der Waals surface area (Å²) in [5.74, 6) is 1.96. The van der Waals surface area contributed by atoms with Gasteiger partial charge in [0.25, 0.3) is 0 Å². The summed E-state index contributed by atoms with van der Waals surface area (Å²) in [6, 6.07) is 11.2. The summed E-state index contributed by atoms with van der Waals surface area (Å²) >= 11 is 7.12. The van der Waals surface area contributed by atoms with Gasteiger partial charge in [0.05, 0.1) is 10.8 Å². The second kappa shape index (κ2) is 9.76.